The smallest absolute Gasteiger partial charge is 0.303 e. The summed E-state index contributed by atoms with van der Waals surface area (Å²) in [5, 5.41) is 0. The number of nitrogens with zero attached hydrogens (tertiary/aromatic N) is 2. The number of amides is 2. The Labute approximate surface area is 163 Å². The van der Waals surface area contributed by atoms with Gasteiger partial charge in [0, 0.05) is 25.8 Å². The van der Waals surface area contributed by atoms with Gasteiger partial charge in [0.25, 0.3) is 11.8 Å². The fourth-order valence-electron chi connectivity index (χ4n) is 4.34. The van der Waals surface area contributed by atoms with E-state index in [1.807, 2.05) is 13.8 Å². The third kappa shape index (κ3) is 3.00. The Kier molecular flexibility index (Phi) is 4.14. The molecule has 1 aliphatic carbocycles. The third-order valence-corrected chi connectivity index (χ3v) is 5.59. The molecule has 2 amide bonds. The van der Waals surface area contributed by atoms with E-state index in [4.69, 9.17) is 4.74 Å². The van der Waals surface area contributed by atoms with E-state index >= 15 is 0 Å². The van der Waals surface area contributed by atoms with Crippen molar-refractivity contribution in [3.05, 3.63) is 53.6 Å². The van der Waals surface area contributed by atoms with E-state index in [1.54, 1.807) is 36.8 Å². The van der Waals surface area contributed by atoms with Crippen molar-refractivity contribution in [2.45, 2.75) is 39.2 Å². The summed E-state index contributed by atoms with van der Waals surface area (Å²) in [7, 11) is 0. The van der Waals surface area contributed by atoms with Gasteiger partial charge in [-0.05, 0) is 24.0 Å². The van der Waals surface area contributed by atoms with Crippen LogP contribution in [0.1, 0.15) is 60.0 Å². The molecule has 0 radical (unpaired) electrons. The van der Waals surface area contributed by atoms with Gasteiger partial charge in [-0.25, -0.2) is 4.98 Å². The summed E-state index contributed by atoms with van der Waals surface area (Å²) < 4.78 is 5.66. The van der Waals surface area contributed by atoms with Crippen molar-refractivity contribution in [1.82, 2.24) is 14.9 Å². The van der Waals surface area contributed by atoms with Gasteiger partial charge in [0.1, 0.15) is 0 Å². The number of carbonyl (C=O) groups is 3. The zero-order valence-corrected chi connectivity index (χ0v) is 16.2. The second-order valence-electron chi connectivity index (χ2n) is 8.46. The fraction of sp³-hybridized carbons (Fsp3) is 0.429. The number of hydrogen-bond donors (Lipinski definition) is 1. The Morgan fingerprint density at radius 2 is 1.93 bits per heavy atom. The molecule has 7 nitrogen and oxygen atoms in total. The molecule has 1 aromatic heterocycles. The van der Waals surface area contributed by atoms with Crippen molar-refractivity contribution in [2.75, 3.05) is 6.54 Å². The van der Waals surface area contributed by atoms with Crippen LogP contribution in [0.3, 0.4) is 0 Å². The van der Waals surface area contributed by atoms with Gasteiger partial charge in [0.15, 0.2) is 5.60 Å². The van der Waals surface area contributed by atoms with E-state index in [-0.39, 0.29) is 29.1 Å². The van der Waals surface area contributed by atoms with Crippen LogP contribution in [-0.4, -0.2) is 39.2 Å². The number of aromatic nitrogens is 2. The molecule has 2 aromatic rings. The lowest BCUT2D eigenvalue weighted by Crippen LogP contribution is -2.39. The van der Waals surface area contributed by atoms with Gasteiger partial charge in [0.2, 0.25) is 0 Å². The van der Waals surface area contributed by atoms with Crippen molar-refractivity contribution in [1.29, 1.82) is 0 Å². The number of aromatic amines is 1. The molecule has 2 unspecified atom stereocenters. The zero-order chi connectivity index (χ0) is 20.1. The number of nitrogens with one attached hydrogen (secondary N) is 1. The van der Waals surface area contributed by atoms with E-state index in [9.17, 15) is 14.4 Å². The summed E-state index contributed by atoms with van der Waals surface area (Å²) in [6.07, 6.45) is 4.65. The first-order valence-electron chi connectivity index (χ1n) is 9.37. The average molecular weight is 381 g/mol. The minimum atomic E-state index is -0.693. The Hall–Kier alpha value is -2.96. The molecular weight excluding hydrogens is 358 g/mol. The highest BCUT2D eigenvalue weighted by atomic mass is 16.6. The van der Waals surface area contributed by atoms with Crippen LogP contribution in [0.25, 0.3) is 0 Å². The summed E-state index contributed by atoms with van der Waals surface area (Å²) >= 11 is 0. The lowest BCUT2D eigenvalue weighted by molar-refractivity contribution is -0.150. The zero-order valence-electron chi connectivity index (χ0n) is 16.2. The summed E-state index contributed by atoms with van der Waals surface area (Å²) in [5.41, 5.74) is 0.675. The molecule has 2 aliphatic rings. The van der Waals surface area contributed by atoms with E-state index in [2.05, 4.69) is 9.97 Å². The Morgan fingerprint density at radius 3 is 2.46 bits per heavy atom. The number of H-pyrrole nitrogens is 1. The van der Waals surface area contributed by atoms with Crippen LogP contribution in [0.15, 0.2) is 36.8 Å². The molecule has 1 N–H and O–H groups in total. The van der Waals surface area contributed by atoms with Crippen molar-refractivity contribution in [2.24, 2.45) is 11.3 Å². The van der Waals surface area contributed by atoms with E-state index in [1.165, 1.54) is 11.8 Å². The van der Waals surface area contributed by atoms with Crippen molar-refractivity contribution in [3.8, 4) is 0 Å². The van der Waals surface area contributed by atoms with Gasteiger partial charge in [-0.2, -0.15) is 0 Å². The number of esters is 1. The largest absolute Gasteiger partial charge is 0.452 e. The summed E-state index contributed by atoms with van der Waals surface area (Å²) in [6, 6.07) is 6.91. The first-order valence-corrected chi connectivity index (χ1v) is 9.37. The van der Waals surface area contributed by atoms with Crippen LogP contribution in [0.2, 0.25) is 0 Å². The van der Waals surface area contributed by atoms with Crippen molar-refractivity contribution >= 4 is 17.8 Å². The van der Waals surface area contributed by atoms with E-state index < -0.39 is 5.60 Å². The lowest BCUT2D eigenvalue weighted by atomic mass is 9.85. The molecule has 0 spiro atoms. The number of rotatable bonds is 6. The average Bonchev–Trinajstić information content (AvgIpc) is 2.99. The molecule has 2 atom stereocenters. The summed E-state index contributed by atoms with van der Waals surface area (Å²) in [4.78, 5) is 45.4. The van der Waals surface area contributed by atoms with Crippen LogP contribution in [0.5, 0.6) is 0 Å². The minimum absolute atomic E-state index is 0.0991. The minimum Gasteiger partial charge on any atom is -0.452 e. The molecule has 0 saturated heterocycles. The Morgan fingerprint density at radius 1 is 1.29 bits per heavy atom. The summed E-state index contributed by atoms with van der Waals surface area (Å²) in [6.45, 7) is 5.77. The predicted molar refractivity (Wildman–Crippen MR) is 100 cm³/mol. The van der Waals surface area contributed by atoms with Gasteiger partial charge in [-0.3, -0.25) is 19.3 Å². The monoisotopic (exact) mass is 381 g/mol. The van der Waals surface area contributed by atoms with Crippen LogP contribution < -0.4 is 0 Å². The highest BCUT2D eigenvalue weighted by Gasteiger charge is 2.61. The van der Waals surface area contributed by atoms with Crippen LogP contribution in [0.4, 0.5) is 0 Å². The topological polar surface area (TPSA) is 92.4 Å². The number of benzene rings is 1. The number of imidazole rings is 1. The molecule has 0 bridgehead atoms. The second-order valence-corrected chi connectivity index (χ2v) is 8.46. The normalized spacial score (nSPS) is 23.7. The molecular formula is C21H23N3O4. The Bertz CT molecular complexity index is 915. The number of ether oxygens (including phenoxy) is 1. The quantitative estimate of drug-likeness (QED) is 0.613. The van der Waals surface area contributed by atoms with Crippen molar-refractivity contribution < 1.29 is 19.1 Å². The fourth-order valence-corrected chi connectivity index (χ4v) is 4.34. The molecule has 4 rings (SSSR count). The molecule has 1 fully saturated rings. The molecule has 7 heteroatoms. The van der Waals surface area contributed by atoms with E-state index in [0.29, 0.717) is 30.5 Å². The standard InChI is InChI=1S/C21H23N3O4/c1-13(25)28-21(17-10-22-12-23-17)9-14(21)8-20(2,3)11-24-18(26)15-6-4-5-7-16(15)19(24)27/h4-7,10,12,14H,8-9,11H2,1-3H3,(H,22,23). The molecule has 1 aromatic carbocycles. The van der Waals surface area contributed by atoms with Crippen molar-refractivity contribution in [3.63, 3.8) is 0 Å². The Balaban J connectivity index is 1.49. The van der Waals surface area contributed by atoms with E-state index in [0.717, 1.165) is 5.69 Å². The molecule has 146 valence electrons. The van der Waals surface area contributed by atoms with Gasteiger partial charge < -0.3 is 9.72 Å². The number of imide groups is 1. The van der Waals surface area contributed by atoms with Gasteiger partial charge in [0.05, 0.1) is 29.3 Å². The first-order chi connectivity index (χ1) is 13.2. The maximum Gasteiger partial charge on any atom is 0.303 e. The maximum absolute atomic E-state index is 12.7. The molecule has 1 aliphatic heterocycles. The van der Waals surface area contributed by atoms with Gasteiger partial charge >= 0.3 is 5.97 Å². The van der Waals surface area contributed by atoms with Gasteiger partial charge in [-0.1, -0.05) is 26.0 Å². The number of hydrogen-bond acceptors (Lipinski definition) is 5. The first kappa shape index (κ1) is 18.4. The maximum atomic E-state index is 12.7. The van der Waals surface area contributed by atoms with Crippen LogP contribution in [-0.2, 0) is 15.1 Å². The lowest BCUT2D eigenvalue weighted by Gasteiger charge is -2.30. The SMILES string of the molecule is CC(=O)OC1(c2cnc[nH]2)CC1CC(C)(C)CN1C(=O)c2ccccc2C1=O. The predicted octanol–water partition coefficient (Wildman–Crippen LogP) is 2.90. The van der Waals surface area contributed by atoms with Crippen LogP contribution in [0, 0.1) is 11.3 Å². The number of carbonyl (C=O) groups excluding carboxylic acids is 3. The number of fused-ring (bicyclic) bond motifs is 1. The van der Waals surface area contributed by atoms with Crippen LogP contribution >= 0.6 is 0 Å². The summed E-state index contributed by atoms with van der Waals surface area (Å²) in [5.74, 6) is -0.731. The second kappa shape index (κ2) is 6.29. The highest BCUT2D eigenvalue weighted by Crippen LogP contribution is 2.59. The third-order valence-electron chi connectivity index (χ3n) is 5.59. The highest BCUT2D eigenvalue weighted by molar-refractivity contribution is 6.21. The van der Waals surface area contributed by atoms with Gasteiger partial charge in [-0.15, -0.1) is 0 Å². The molecule has 1 saturated carbocycles. The molecule has 2 heterocycles. The molecule has 28 heavy (non-hydrogen) atoms.